The number of piperazine rings is 1. The number of hydrogen-bond donors (Lipinski definition) is 1. The number of nitrogens with zero attached hydrogens (tertiary/aromatic N) is 2. The summed E-state index contributed by atoms with van der Waals surface area (Å²) in [4.78, 5) is 31.3. The third-order valence-electron chi connectivity index (χ3n) is 7.92. The predicted molar refractivity (Wildman–Crippen MR) is 161 cm³/mol. The zero-order chi connectivity index (χ0) is 27.0. The zero-order valence-corrected chi connectivity index (χ0v) is 24.0. The molecule has 2 heterocycles. The number of para-hydroxylation sites is 1. The molecule has 6 nitrogen and oxygen atoms in total. The van der Waals surface area contributed by atoms with Gasteiger partial charge in [-0.25, -0.2) is 0 Å². The summed E-state index contributed by atoms with van der Waals surface area (Å²) in [6, 6.07) is 27.2. The van der Waals surface area contributed by atoms with Gasteiger partial charge in [0.2, 0.25) is 11.8 Å². The van der Waals surface area contributed by atoms with Crippen molar-refractivity contribution in [2.75, 3.05) is 19.6 Å². The first-order valence-corrected chi connectivity index (χ1v) is 14.3. The number of carbonyl (C=O) groups is 2. The Hall–Kier alpha value is -3.35. The van der Waals surface area contributed by atoms with Gasteiger partial charge in [0.25, 0.3) is 0 Å². The maximum Gasteiger partial charge on any atom is 0.246 e. The fraction of sp³-hybridized carbons (Fsp3) is 0.394. The molecule has 7 heteroatoms. The van der Waals surface area contributed by atoms with Gasteiger partial charge in [-0.1, -0.05) is 74.0 Å². The molecule has 0 aliphatic carbocycles. The van der Waals surface area contributed by atoms with E-state index in [4.69, 9.17) is 4.74 Å². The summed E-state index contributed by atoms with van der Waals surface area (Å²) in [6.45, 7) is 5.48. The Bertz CT molecular complexity index is 1210. The summed E-state index contributed by atoms with van der Waals surface area (Å²) in [5.74, 6) is 1.92. The smallest absolute Gasteiger partial charge is 0.246 e. The molecule has 2 atom stereocenters. The second-order valence-electron chi connectivity index (χ2n) is 10.8. The van der Waals surface area contributed by atoms with Crippen molar-refractivity contribution in [1.82, 2.24) is 15.1 Å². The molecule has 2 aliphatic heterocycles. The van der Waals surface area contributed by atoms with Crippen LogP contribution in [0.4, 0.5) is 0 Å². The SMILES string of the molecule is CCCCN1C(=O)[C@H](Cc2ccccc2)NC(=O)C1C1CCN(Cc2ccc(Oc3ccccc3)cc2)CC1.Cl. The molecule has 0 spiro atoms. The monoisotopic (exact) mass is 561 g/mol. The van der Waals surface area contributed by atoms with E-state index in [1.807, 2.05) is 77.7 Å². The van der Waals surface area contributed by atoms with Crippen molar-refractivity contribution < 1.29 is 14.3 Å². The number of nitrogens with one attached hydrogen (secondary N) is 1. The van der Waals surface area contributed by atoms with Crippen LogP contribution < -0.4 is 10.1 Å². The van der Waals surface area contributed by atoms with Crippen LogP contribution in [0, 0.1) is 5.92 Å². The van der Waals surface area contributed by atoms with Gasteiger partial charge >= 0.3 is 0 Å². The molecular formula is C33H40ClN3O3. The van der Waals surface area contributed by atoms with E-state index in [0.717, 1.165) is 62.4 Å². The molecule has 0 saturated carbocycles. The molecule has 3 aromatic rings. The van der Waals surface area contributed by atoms with Crippen LogP contribution in [0.15, 0.2) is 84.9 Å². The van der Waals surface area contributed by atoms with Crippen LogP contribution in [0.2, 0.25) is 0 Å². The van der Waals surface area contributed by atoms with Crippen molar-refractivity contribution in [3.8, 4) is 11.5 Å². The molecule has 2 aliphatic rings. The van der Waals surface area contributed by atoms with E-state index in [2.05, 4.69) is 29.3 Å². The van der Waals surface area contributed by atoms with Gasteiger partial charge in [-0.2, -0.15) is 0 Å². The molecular weight excluding hydrogens is 522 g/mol. The molecule has 212 valence electrons. The molecule has 3 aromatic carbocycles. The largest absolute Gasteiger partial charge is 0.457 e. The second-order valence-corrected chi connectivity index (χ2v) is 10.8. The van der Waals surface area contributed by atoms with Crippen molar-refractivity contribution in [3.63, 3.8) is 0 Å². The van der Waals surface area contributed by atoms with E-state index in [9.17, 15) is 9.59 Å². The number of rotatable bonds is 10. The Kier molecular flexibility index (Phi) is 10.6. The maximum atomic E-state index is 13.6. The first-order chi connectivity index (χ1) is 19.1. The van der Waals surface area contributed by atoms with Gasteiger partial charge in [0.05, 0.1) is 0 Å². The molecule has 40 heavy (non-hydrogen) atoms. The number of ether oxygens (including phenoxy) is 1. The predicted octanol–water partition coefficient (Wildman–Crippen LogP) is 5.85. The number of amides is 2. The third-order valence-corrected chi connectivity index (χ3v) is 7.92. The minimum Gasteiger partial charge on any atom is -0.457 e. The number of halogens is 1. The van der Waals surface area contributed by atoms with Gasteiger partial charge in [-0.3, -0.25) is 14.5 Å². The molecule has 2 fully saturated rings. The van der Waals surface area contributed by atoms with Crippen LogP contribution in [-0.2, 0) is 22.6 Å². The summed E-state index contributed by atoms with van der Waals surface area (Å²) in [5.41, 5.74) is 2.31. The summed E-state index contributed by atoms with van der Waals surface area (Å²) >= 11 is 0. The van der Waals surface area contributed by atoms with E-state index in [-0.39, 0.29) is 36.2 Å². The first-order valence-electron chi connectivity index (χ1n) is 14.3. The first kappa shape index (κ1) is 29.6. The van der Waals surface area contributed by atoms with Crippen LogP contribution in [0.3, 0.4) is 0 Å². The highest BCUT2D eigenvalue weighted by molar-refractivity contribution is 5.97. The number of carbonyl (C=O) groups excluding carboxylic acids is 2. The average Bonchev–Trinajstić information content (AvgIpc) is 2.97. The van der Waals surface area contributed by atoms with Crippen molar-refractivity contribution in [2.45, 2.75) is 57.7 Å². The Balaban J connectivity index is 0.00000370. The van der Waals surface area contributed by atoms with Gasteiger partial charge in [0, 0.05) is 19.5 Å². The van der Waals surface area contributed by atoms with Crippen LogP contribution in [0.5, 0.6) is 11.5 Å². The van der Waals surface area contributed by atoms with E-state index in [1.165, 1.54) is 5.56 Å². The molecule has 5 rings (SSSR count). The highest BCUT2D eigenvalue weighted by Crippen LogP contribution is 2.29. The van der Waals surface area contributed by atoms with Crippen molar-refractivity contribution >= 4 is 24.2 Å². The number of unbranched alkanes of at least 4 members (excludes halogenated alkanes) is 1. The van der Waals surface area contributed by atoms with Crippen molar-refractivity contribution in [1.29, 1.82) is 0 Å². The summed E-state index contributed by atoms with van der Waals surface area (Å²) in [5, 5.41) is 3.09. The molecule has 0 bridgehead atoms. The molecule has 2 amide bonds. The van der Waals surface area contributed by atoms with E-state index in [1.54, 1.807) is 0 Å². The fourth-order valence-corrected chi connectivity index (χ4v) is 5.80. The topological polar surface area (TPSA) is 61.9 Å². The molecule has 0 radical (unpaired) electrons. The summed E-state index contributed by atoms with van der Waals surface area (Å²) in [7, 11) is 0. The lowest BCUT2D eigenvalue weighted by molar-refractivity contribution is -0.152. The molecule has 1 unspecified atom stereocenters. The number of likely N-dealkylation sites (tertiary alicyclic amines) is 1. The highest BCUT2D eigenvalue weighted by atomic mass is 35.5. The Morgan fingerprint density at radius 3 is 2.10 bits per heavy atom. The normalized spacial score (nSPS) is 20.1. The lowest BCUT2D eigenvalue weighted by Gasteiger charge is -2.45. The van der Waals surface area contributed by atoms with Gasteiger partial charge in [0.15, 0.2) is 0 Å². The Morgan fingerprint density at radius 1 is 0.825 bits per heavy atom. The number of piperidine rings is 1. The van der Waals surface area contributed by atoms with Gasteiger partial charge < -0.3 is 15.0 Å². The number of benzene rings is 3. The Labute approximate surface area is 244 Å². The van der Waals surface area contributed by atoms with Gasteiger partial charge in [0.1, 0.15) is 23.6 Å². The number of hydrogen-bond acceptors (Lipinski definition) is 4. The second kappa shape index (κ2) is 14.3. The maximum absolute atomic E-state index is 13.6. The summed E-state index contributed by atoms with van der Waals surface area (Å²) in [6.07, 6.45) is 4.26. The van der Waals surface area contributed by atoms with Crippen LogP contribution in [0.1, 0.15) is 43.7 Å². The van der Waals surface area contributed by atoms with E-state index in [0.29, 0.717) is 13.0 Å². The van der Waals surface area contributed by atoms with Crippen LogP contribution >= 0.6 is 12.4 Å². The highest BCUT2D eigenvalue weighted by Gasteiger charge is 2.44. The summed E-state index contributed by atoms with van der Waals surface area (Å²) < 4.78 is 5.92. The van der Waals surface area contributed by atoms with Crippen LogP contribution in [-0.4, -0.2) is 53.3 Å². The quantitative estimate of drug-likeness (QED) is 0.337. The fourth-order valence-electron chi connectivity index (χ4n) is 5.80. The lowest BCUT2D eigenvalue weighted by atomic mass is 9.85. The standard InChI is InChI=1S/C33H39N3O3.ClH/c1-2-3-20-36-31(32(37)34-30(33(36)38)23-25-10-6-4-7-11-25)27-18-21-35(22-19-27)24-26-14-16-29(17-15-26)39-28-12-8-5-9-13-28;/h4-17,27,30-31H,2-3,18-24H2,1H3,(H,34,37);1H/t30-,31?;/m0./s1. The lowest BCUT2D eigenvalue weighted by Crippen LogP contribution is -2.66. The molecule has 1 N–H and O–H groups in total. The minimum absolute atomic E-state index is 0. The zero-order valence-electron chi connectivity index (χ0n) is 23.2. The molecule has 0 aromatic heterocycles. The molecule has 2 saturated heterocycles. The van der Waals surface area contributed by atoms with Gasteiger partial charge in [-0.05, 0) is 73.7 Å². The van der Waals surface area contributed by atoms with Crippen LogP contribution in [0.25, 0.3) is 0 Å². The average molecular weight is 562 g/mol. The van der Waals surface area contributed by atoms with E-state index >= 15 is 0 Å². The minimum atomic E-state index is -0.484. The third kappa shape index (κ3) is 7.43. The van der Waals surface area contributed by atoms with Crippen molar-refractivity contribution in [2.24, 2.45) is 5.92 Å². The van der Waals surface area contributed by atoms with Gasteiger partial charge in [-0.15, -0.1) is 12.4 Å². The van der Waals surface area contributed by atoms with Crippen molar-refractivity contribution in [3.05, 3.63) is 96.1 Å². The Morgan fingerprint density at radius 2 is 1.45 bits per heavy atom. The van der Waals surface area contributed by atoms with E-state index < -0.39 is 6.04 Å².